The van der Waals surface area contributed by atoms with Crippen LogP contribution in [0.3, 0.4) is 0 Å². The van der Waals surface area contributed by atoms with Gasteiger partial charge in [-0.2, -0.15) is 5.10 Å². The minimum atomic E-state index is -0.504. The summed E-state index contributed by atoms with van der Waals surface area (Å²) in [5, 5.41) is 4.32. The molecule has 27 heavy (non-hydrogen) atoms. The van der Waals surface area contributed by atoms with Crippen LogP contribution in [0.25, 0.3) is 5.69 Å². The zero-order chi connectivity index (χ0) is 19.2. The van der Waals surface area contributed by atoms with Crippen molar-refractivity contribution in [1.82, 2.24) is 14.7 Å². The van der Waals surface area contributed by atoms with Crippen molar-refractivity contribution in [2.24, 2.45) is 0 Å². The van der Waals surface area contributed by atoms with E-state index in [4.69, 9.17) is 16.3 Å². The van der Waals surface area contributed by atoms with Gasteiger partial charge >= 0.3 is 0 Å². The molecule has 1 amide bonds. The lowest BCUT2D eigenvalue weighted by atomic mass is 10.3. The normalized spacial score (nSPS) is 10.6. The van der Waals surface area contributed by atoms with Crippen LogP contribution in [0.1, 0.15) is 12.0 Å². The lowest BCUT2D eigenvalue weighted by Crippen LogP contribution is -2.27. The highest BCUT2D eigenvalue weighted by Gasteiger charge is 2.11. The van der Waals surface area contributed by atoms with E-state index in [2.05, 4.69) is 5.10 Å². The Morgan fingerprint density at radius 2 is 2.04 bits per heavy atom. The predicted molar refractivity (Wildman–Crippen MR) is 102 cm³/mol. The smallest absolute Gasteiger partial charge is 0.226 e. The molecule has 140 valence electrons. The number of hydrogen-bond donors (Lipinski definition) is 0. The molecule has 3 rings (SSSR count). The zero-order valence-electron chi connectivity index (χ0n) is 14.8. The molecule has 3 aromatic rings. The number of hydrogen-bond acceptors (Lipinski definition) is 3. The molecular formula is C20H19ClFN3O2. The van der Waals surface area contributed by atoms with Crippen LogP contribution in [0.15, 0.2) is 60.9 Å². The van der Waals surface area contributed by atoms with Crippen LogP contribution < -0.4 is 4.74 Å². The second-order valence-corrected chi connectivity index (χ2v) is 6.46. The molecule has 0 aliphatic rings. The van der Waals surface area contributed by atoms with Crippen LogP contribution in [0.2, 0.25) is 5.02 Å². The van der Waals surface area contributed by atoms with Crippen LogP contribution in [0.4, 0.5) is 4.39 Å². The number of halogens is 2. The topological polar surface area (TPSA) is 47.4 Å². The maximum absolute atomic E-state index is 13.1. The molecule has 0 N–H and O–H groups in total. The molecular weight excluding hydrogens is 369 g/mol. The van der Waals surface area contributed by atoms with Crippen LogP contribution in [-0.2, 0) is 11.3 Å². The third kappa shape index (κ3) is 5.08. The lowest BCUT2D eigenvalue weighted by Gasteiger charge is -2.16. The number of amides is 1. The Balaban J connectivity index is 1.49. The van der Waals surface area contributed by atoms with E-state index >= 15 is 0 Å². The Morgan fingerprint density at radius 1 is 1.26 bits per heavy atom. The van der Waals surface area contributed by atoms with Gasteiger partial charge in [-0.15, -0.1) is 0 Å². The summed E-state index contributed by atoms with van der Waals surface area (Å²) in [4.78, 5) is 13.9. The number of carbonyl (C=O) groups is 1. The molecule has 0 saturated carbocycles. The first-order chi connectivity index (χ1) is 13.0. The number of rotatable bonds is 7. The zero-order valence-corrected chi connectivity index (χ0v) is 15.6. The van der Waals surface area contributed by atoms with Crippen molar-refractivity contribution in [1.29, 1.82) is 0 Å². The van der Waals surface area contributed by atoms with Crippen LogP contribution >= 0.6 is 11.6 Å². The summed E-state index contributed by atoms with van der Waals surface area (Å²) in [6.45, 7) is 0.641. The molecule has 1 aromatic heterocycles. The van der Waals surface area contributed by atoms with Crippen molar-refractivity contribution in [3.63, 3.8) is 0 Å². The molecule has 0 fully saturated rings. The molecule has 7 heteroatoms. The van der Waals surface area contributed by atoms with Crippen LogP contribution in [0.5, 0.6) is 5.75 Å². The number of benzene rings is 2. The molecule has 0 atom stereocenters. The molecule has 5 nitrogen and oxygen atoms in total. The summed E-state index contributed by atoms with van der Waals surface area (Å²) in [5.74, 6) is -0.132. The SMILES string of the molecule is CN(Cc1cnn(-c2ccccc2)c1)C(=O)CCOc1ccc(F)c(Cl)c1. The fourth-order valence-corrected chi connectivity index (χ4v) is 2.71. The molecule has 0 aliphatic carbocycles. The second kappa shape index (κ2) is 8.68. The maximum atomic E-state index is 13.1. The third-order valence-corrected chi connectivity index (χ3v) is 4.27. The first kappa shape index (κ1) is 18.9. The van der Waals surface area contributed by atoms with E-state index in [1.165, 1.54) is 18.2 Å². The Morgan fingerprint density at radius 3 is 2.78 bits per heavy atom. The molecule has 1 heterocycles. The number of aromatic nitrogens is 2. The highest BCUT2D eigenvalue weighted by atomic mass is 35.5. The molecule has 0 bridgehead atoms. The van der Waals surface area contributed by atoms with E-state index in [-0.39, 0.29) is 24.0 Å². The molecule has 0 unspecified atom stereocenters. The van der Waals surface area contributed by atoms with Gasteiger partial charge in [0.1, 0.15) is 11.6 Å². The maximum Gasteiger partial charge on any atom is 0.226 e. The summed E-state index contributed by atoms with van der Waals surface area (Å²) in [6, 6.07) is 13.9. The minimum Gasteiger partial charge on any atom is -0.493 e. The fourth-order valence-electron chi connectivity index (χ4n) is 2.54. The molecule has 0 saturated heterocycles. The summed E-state index contributed by atoms with van der Waals surface area (Å²) >= 11 is 5.70. The standard InChI is InChI=1S/C20H19ClFN3O2/c1-24(13-15-12-23-25(14-15)16-5-3-2-4-6-16)20(26)9-10-27-17-7-8-19(22)18(21)11-17/h2-8,11-12,14H,9-10,13H2,1H3. The first-order valence-electron chi connectivity index (χ1n) is 8.44. The van der Waals surface area contributed by atoms with Crippen molar-refractivity contribution in [3.8, 4) is 11.4 Å². The van der Waals surface area contributed by atoms with E-state index in [0.29, 0.717) is 12.3 Å². The Bertz CT molecular complexity index is 915. The predicted octanol–water partition coefficient (Wildman–Crippen LogP) is 4.09. The van der Waals surface area contributed by atoms with E-state index in [1.807, 2.05) is 36.5 Å². The number of nitrogens with zero attached hydrogens (tertiary/aromatic N) is 3. The van der Waals surface area contributed by atoms with Crippen LogP contribution in [-0.4, -0.2) is 34.2 Å². The van der Waals surface area contributed by atoms with E-state index in [0.717, 1.165) is 11.3 Å². The van der Waals surface area contributed by atoms with Crippen LogP contribution in [0, 0.1) is 5.82 Å². The Labute approximate surface area is 161 Å². The average Bonchev–Trinajstić information content (AvgIpc) is 3.13. The van der Waals surface area contributed by atoms with Gasteiger partial charge in [-0.25, -0.2) is 9.07 Å². The lowest BCUT2D eigenvalue weighted by molar-refractivity contribution is -0.130. The average molecular weight is 388 g/mol. The summed E-state index contributed by atoms with van der Waals surface area (Å²) in [6.07, 6.45) is 3.85. The number of ether oxygens (including phenoxy) is 1. The van der Waals surface area contributed by atoms with Gasteiger partial charge < -0.3 is 9.64 Å². The first-order valence-corrected chi connectivity index (χ1v) is 8.81. The van der Waals surface area contributed by atoms with Gasteiger partial charge in [0, 0.05) is 31.4 Å². The van der Waals surface area contributed by atoms with E-state index in [9.17, 15) is 9.18 Å². The molecule has 0 spiro atoms. The van der Waals surface area contributed by atoms with Gasteiger partial charge in [-0.3, -0.25) is 4.79 Å². The number of para-hydroxylation sites is 1. The molecule has 0 aliphatic heterocycles. The summed E-state index contributed by atoms with van der Waals surface area (Å²) in [5.41, 5.74) is 1.89. The van der Waals surface area contributed by atoms with Gasteiger partial charge in [-0.05, 0) is 24.3 Å². The third-order valence-electron chi connectivity index (χ3n) is 3.98. The fraction of sp³-hybridized carbons (Fsp3) is 0.200. The molecule has 0 radical (unpaired) electrons. The summed E-state index contributed by atoms with van der Waals surface area (Å²) < 4.78 is 20.3. The van der Waals surface area contributed by atoms with Crippen molar-refractivity contribution >= 4 is 17.5 Å². The van der Waals surface area contributed by atoms with E-state index in [1.54, 1.807) is 22.8 Å². The van der Waals surface area contributed by atoms with E-state index < -0.39 is 5.82 Å². The molecule has 2 aromatic carbocycles. The van der Waals surface area contributed by atoms with Crippen molar-refractivity contribution in [3.05, 3.63) is 77.3 Å². The number of carbonyl (C=O) groups excluding carboxylic acids is 1. The van der Waals surface area contributed by atoms with Crippen molar-refractivity contribution in [2.75, 3.05) is 13.7 Å². The van der Waals surface area contributed by atoms with Gasteiger partial charge in [0.25, 0.3) is 0 Å². The van der Waals surface area contributed by atoms with Gasteiger partial charge in [0.15, 0.2) is 0 Å². The largest absolute Gasteiger partial charge is 0.493 e. The van der Waals surface area contributed by atoms with Gasteiger partial charge in [0.05, 0.1) is 29.9 Å². The van der Waals surface area contributed by atoms with Crippen molar-refractivity contribution < 1.29 is 13.9 Å². The second-order valence-electron chi connectivity index (χ2n) is 6.05. The Hall–Kier alpha value is -2.86. The summed E-state index contributed by atoms with van der Waals surface area (Å²) in [7, 11) is 1.73. The Kier molecular flexibility index (Phi) is 6.08. The minimum absolute atomic E-state index is 0.00799. The van der Waals surface area contributed by atoms with Gasteiger partial charge in [0.2, 0.25) is 5.91 Å². The van der Waals surface area contributed by atoms with Gasteiger partial charge in [-0.1, -0.05) is 29.8 Å². The highest BCUT2D eigenvalue weighted by Crippen LogP contribution is 2.21. The quantitative estimate of drug-likeness (QED) is 0.613. The highest BCUT2D eigenvalue weighted by molar-refractivity contribution is 6.30. The monoisotopic (exact) mass is 387 g/mol. The van der Waals surface area contributed by atoms with Crippen molar-refractivity contribution in [2.45, 2.75) is 13.0 Å².